The summed E-state index contributed by atoms with van der Waals surface area (Å²) in [6.07, 6.45) is 5.00. The molecule has 0 unspecified atom stereocenters. The number of piperazine rings is 1. The maximum atomic E-state index is 13.2. The quantitative estimate of drug-likeness (QED) is 0.200. The van der Waals surface area contributed by atoms with Crippen molar-refractivity contribution in [3.8, 4) is 22.5 Å². The number of H-pyrrole nitrogens is 1. The first-order valence-corrected chi connectivity index (χ1v) is 16.2. The number of benzene rings is 3. The van der Waals surface area contributed by atoms with E-state index in [4.69, 9.17) is 4.74 Å². The third kappa shape index (κ3) is 6.52. The second-order valence-electron chi connectivity index (χ2n) is 13.3. The van der Waals surface area contributed by atoms with E-state index in [2.05, 4.69) is 55.5 Å². The molecule has 2 amide bonds. The number of aromatic amines is 1. The van der Waals surface area contributed by atoms with Crippen LogP contribution in [0.1, 0.15) is 31.9 Å². The summed E-state index contributed by atoms with van der Waals surface area (Å²) in [5.74, 6) is 0. The van der Waals surface area contributed by atoms with Gasteiger partial charge in [0.25, 0.3) is 0 Å². The highest BCUT2D eigenvalue weighted by Gasteiger charge is 2.26. The predicted molar refractivity (Wildman–Crippen MR) is 189 cm³/mol. The lowest BCUT2D eigenvalue weighted by atomic mass is 10.0. The Labute approximate surface area is 279 Å². The molecule has 0 bridgehead atoms. The number of nitrogens with one attached hydrogen (secondary N) is 2. The average Bonchev–Trinajstić information content (AvgIpc) is 3.71. The van der Waals surface area contributed by atoms with Crippen molar-refractivity contribution >= 4 is 39.6 Å². The zero-order valence-corrected chi connectivity index (χ0v) is 27.7. The molecule has 1 fully saturated rings. The molecule has 1 saturated heterocycles. The van der Waals surface area contributed by atoms with Gasteiger partial charge in [0.2, 0.25) is 0 Å². The van der Waals surface area contributed by atoms with Crippen molar-refractivity contribution in [1.29, 1.82) is 0 Å². The van der Waals surface area contributed by atoms with Gasteiger partial charge in [-0.3, -0.25) is 9.47 Å². The molecule has 0 aliphatic carbocycles. The van der Waals surface area contributed by atoms with Gasteiger partial charge in [0.05, 0.1) is 5.69 Å². The lowest BCUT2D eigenvalue weighted by Gasteiger charge is -2.35. The Balaban J connectivity index is 1.05. The van der Waals surface area contributed by atoms with E-state index in [1.807, 2.05) is 82.6 Å². The second-order valence-corrected chi connectivity index (χ2v) is 13.3. The summed E-state index contributed by atoms with van der Waals surface area (Å²) in [6, 6.07) is 24.2. The van der Waals surface area contributed by atoms with Crippen molar-refractivity contribution in [2.24, 2.45) is 0 Å². The summed E-state index contributed by atoms with van der Waals surface area (Å²) in [5, 5.41) is 6.00. The first kappa shape index (κ1) is 31.1. The Bertz CT molecular complexity index is 2080. The summed E-state index contributed by atoms with van der Waals surface area (Å²) in [7, 11) is 0. The number of aromatic nitrogens is 4. The highest BCUT2D eigenvalue weighted by Crippen LogP contribution is 2.34. The highest BCUT2D eigenvalue weighted by atomic mass is 16.6. The van der Waals surface area contributed by atoms with Gasteiger partial charge in [-0.15, -0.1) is 0 Å². The number of carbonyl (C=O) groups is 2. The Kier molecular flexibility index (Phi) is 8.18. The fourth-order valence-electron chi connectivity index (χ4n) is 6.18. The molecule has 4 heterocycles. The molecule has 0 saturated carbocycles. The number of anilines is 1. The highest BCUT2D eigenvalue weighted by molar-refractivity contribution is 5.99. The van der Waals surface area contributed by atoms with Crippen LogP contribution in [0.4, 0.5) is 15.3 Å². The van der Waals surface area contributed by atoms with Crippen molar-refractivity contribution in [1.82, 2.24) is 29.3 Å². The van der Waals surface area contributed by atoms with Crippen LogP contribution in [0.5, 0.6) is 0 Å². The molecule has 10 heteroatoms. The van der Waals surface area contributed by atoms with Crippen LogP contribution < -0.4 is 5.32 Å². The summed E-state index contributed by atoms with van der Waals surface area (Å²) >= 11 is 0. The Hall–Kier alpha value is -5.48. The maximum Gasteiger partial charge on any atom is 0.410 e. The van der Waals surface area contributed by atoms with Crippen LogP contribution in [-0.2, 0) is 11.3 Å². The molecule has 0 atom stereocenters. The number of hydrogen-bond donors (Lipinski definition) is 2. The van der Waals surface area contributed by atoms with Gasteiger partial charge in [-0.2, -0.15) is 0 Å². The standard InChI is InChI=1S/C38H39N7O3/c1-25-30(10-7-11-32(25)42-36(46)45-22-28-8-5-6-9-29(28)23-45)34-31-20-33(41-35(31)40-24-39-34)27-14-12-26(13-15-27)21-43-16-18-44(19-17-43)37(47)48-38(2,3)4/h5-15,20,22-24H,16-19,21H2,1-4H3,(H,42,46)(H,39,40,41). The molecule has 0 spiro atoms. The largest absolute Gasteiger partial charge is 0.444 e. The SMILES string of the molecule is Cc1c(NC(=O)n2cc3ccccc3c2)cccc1-c1ncnc2[nH]c(-c3ccc(CN4CCN(C(=O)OC(C)(C)C)CC4)cc3)cc12. The van der Waals surface area contributed by atoms with Gasteiger partial charge >= 0.3 is 12.1 Å². The minimum atomic E-state index is -0.488. The van der Waals surface area contributed by atoms with Crippen LogP contribution in [0.15, 0.2) is 91.5 Å². The first-order valence-electron chi connectivity index (χ1n) is 16.2. The van der Waals surface area contributed by atoms with Crippen molar-refractivity contribution in [3.05, 3.63) is 103 Å². The van der Waals surface area contributed by atoms with Crippen LogP contribution in [-0.4, -0.2) is 73.2 Å². The molecule has 10 nitrogen and oxygen atoms in total. The molecule has 1 aliphatic rings. The zero-order valence-electron chi connectivity index (χ0n) is 27.7. The summed E-state index contributed by atoms with van der Waals surface area (Å²) in [4.78, 5) is 42.4. The minimum Gasteiger partial charge on any atom is -0.444 e. The zero-order chi connectivity index (χ0) is 33.4. The normalized spacial score (nSPS) is 14.0. The smallest absolute Gasteiger partial charge is 0.410 e. The van der Waals surface area contributed by atoms with E-state index in [0.717, 1.165) is 75.2 Å². The van der Waals surface area contributed by atoms with Gasteiger partial charge in [-0.05, 0) is 67.3 Å². The van der Waals surface area contributed by atoms with E-state index in [9.17, 15) is 9.59 Å². The summed E-state index contributed by atoms with van der Waals surface area (Å²) in [5.41, 5.74) is 6.83. The fraction of sp³-hybridized carbons (Fsp3) is 0.263. The van der Waals surface area contributed by atoms with Crippen LogP contribution in [0.25, 0.3) is 44.3 Å². The molecule has 0 radical (unpaired) electrons. The molecule has 3 aromatic heterocycles. The maximum absolute atomic E-state index is 13.2. The molecular formula is C38H39N7O3. The van der Waals surface area contributed by atoms with Crippen molar-refractivity contribution in [2.45, 2.75) is 39.8 Å². The predicted octanol–water partition coefficient (Wildman–Crippen LogP) is 7.69. The lowest BCUT2D eigenvalue weighted by molar-refractivity contribution is 0.0139. The number of nitrogens with zero attached hydrogens (tertiary/aromatic N) is 5. The number of amides is 2. The number of fused-ring (bicyclic) bond motifs is 2. The molecule has 244 valence electrons. The number of carbonyl (C=O) groups excluding carboxylic acids is 2. The molecule has 48 heavy (non-hydrogen) atoms. The van der Waals surface area contributed by atoms with Gasteiger partial charge in [-0.1, -0.05) is 60.7 Å². The number of hydrogen-bond acceptors (Lipinski definition) is 6. The Morgan fingerprint density at radius 1 is 0.896 bits per heavy atom. The van der Waals surface area contributed by atoms with Gasteiger partial charge in [0.15, 0.2) is 0 Å². The van der Waals surface area contributed by atoms with E-state index >= 15 is 0 Å². The fourth-order valence-corrected chi connectivity index (χ4v) is 6.18. The van der Waals surface area contributed by atoms with Gasteiger partial charge < -0.3 is 19.9 Å². The molecule has 7 rings (SSSR count). The van der Waals surface area contributed by atoms with Crippen LogP contribution >= 0.6 is 0 Å². The average molecular weight is 642 g/mol. The van der Waals surface area contributed by atoms with Gasteiger partial charge in [0.1, 0.15) is 17.6 Å². The van der Waals surface area contributed by atoms with Crippen molar-refractivity contribution in [2.75, 3.05) is 31.5 Å². The third-order valence-corrected chi connectivity index (χ3v) is 8.74. The second kappa shape index (κ2) is 12.6. The lowest BCUT2D eigenvalue weighted by Crippen LogP contribution is -2.49. The van der Waals surface area contributed by atoms with E-state index in [1.165, 1.54) is 5.56 Å². The van der Waals surface area contributed by atoms with Crippen molar-refractivity contribution < 1.29 is 14.3 Å². The first-order chi connectivity index (χ1) is 23.1. The molecule has 6 aromatic rings. The Morgan fingerprint density at radius 2 is 1.60 bits per heavy atom. The number of rotatable bonds is 5. The van der Waals surface area contributed by atoms with Crippen LogP contribution in [0, 0.1) is 6.92 Å². The topological polar surface area (TPSA) is 108 Å². The van der Waals surface area contributed by atoms with E-state index in [1.54, 1.807) is 15.8 Å². The third-order valence-electron chi connectivity index (χ3n) is 8.74. The number of ether oxygens (including phenoxy) is 1. The molecule has 3 aromatic carbocycles. The Morgan fingerprint density at radius 3 is 2.29 bits per heavy atom. The van der Waals surface area contributed by atoms with Crippen LogP contribution in [0.3, 0.4) is 0 Å². The van der Waals surface area contributed by atoms with Gasteiger partial charge in [-0.25, -0.2) is 19.6 Å². The van der Waals surface area contributed by atoms with E-state index < -0.39 is 5.60 Å². The summed E-state index contributed by atoms with van der Waals surface area (Å²) < 4.78 is 7.11. The molecule has 2 N–H and O–H groups in total. The van der Waals surface area contributed by atoms with Crippen LogP contribution in [0.2, 0.25) is 0 Å². The summed E-state index contributed by atoms with van der Waals surface area (Å²) in [6.45, 7) is 11.4. The monoisotopic (exact) mass is 641 g/mol. The molecule has 1 aliphatic heterocycles. The minimum absolute atomic E-state index is 0.227. The van der Waals surface area contributed by atoms with Crippen molar-refractivity contribution in [3.63, 3.8) is 0 Å². The molecular weight excluding hydrogens is 602 g/mol. The van der Waals surface area contributed by atoms with Gasteiger partial charge in [0, 0.05) is 67.4 Å². The van der Waals surface area contributed by atoms with E-state index in [0.29, 0.717) is 13.1 Å². The van der Waals surface area contributed by atoms with E-state index in [-0.39, 0.29) is 12.1 Å².